The SMILES string of the molecule is COc1ccc(Sc2ccc(F)c(F)c2)c(N)c1. The maximum absolute atomic E-state index is 13.1. The van der Waals surface area contributed by atoms with Gasteiger partial charge in [-0.1, -0.05) is 11.8 Å². The molecule has 5 heteroatoms. The Morgan fingerprint density at radius 2 is 1.83 bits per heavy atom. The maximum Gasteiger partial charge on any atom is 0.159 e. The van der Waals surface area contributed by atoms with E-state index in [1.54, 1.807) is 25.3 Å². The normalized spacial score (nSPS) is 10.4. The van der Waals surface area contributed by atoms with Crippen LogP contribution < -0.4 is 10.5 Å². The maximum atomic E-state index is 13.1. The molecular weight excluding hydrogens is 256 g/mol. The molecule has 0 amide bonds. The van der Waals surface area contributed by atoms with Crippen molar-refractivity contribution < 1.29 is 13.5 Å². The van der Waals surface area contributed by atoms with Crippen LogP contribution in [0.3, 0.4) is 0 Å². The zero-order chi connectivity index (χ0) is 13.1. The van der Waals surface area contributed by atoms with E-state index in [9.17, 15) is 8.78 Å². The zero-order valence-corrected chi connectivity index (χ0v) is 10.4. The molecule has 0 fully saturated rings. The first-order valence-electron chi connectivity index (χ1n) is 5.16. The third-order valence-electron chi connectivity index (χ3n) is 2.34. The van der Waals surface area contributed by atoms with E-state index < -0.39 is 11.6 Å². The third kappa shape index (κ3) is 2.73. The number of nitrogen functional groups attached to an aromatic ring is 1. The molecule has 2 aromatic rings. The van der Waals surface area contributed by atoms with Gasteiger partial charge in [0.2, 0.25) is 0 Å². The highest BCUT2D eigenvalue weighted by Gasteiger charge is 2.07. The molecule has 0 bridgehead atoms. The van der Waals surface area contributed by atoms with Crippen molar-refractivity contribution in [1.29, 1.82) is 0 Å². The van der Waals surface area contributed by atoms with Crippen molar-refractivity contribution in [3.63, 3.8) is 0 Å². The number of anilines is 1. The van der Waals surface area contributed by atoms with Crippen LogP contribution in [-0.4, -0.2) is 7.11 Å². The van der Waals surface area contributed by atoms with Crippen molar-refractivity contribution in [3.8, 4) is 5.75 Å². The van der Waals surface area contributed by atoms with Crippen molar-refractivity contribution in [1.82, 2.24) is 0 Å². The number of hydrogen-bond donors (Lipinski definition) is 1. The quantitative estimate of drug-likeness (QED) is 0.861. The second kappa shape index (κ2) is 5.27. The molecule has 0 unspecified atom stereocenters. The van der Waals surface area contributed by atoms with Gasteiger partial charge in [-0.25, -0.2) is 8.78 Å². The molecule has 0 aliphatic heterocycles. The van der Waals surface area contributed by atoms with E-state index in [-0.39, 0.29) is 0 Å². The van der Waals surface area contributed by atoms with Gasteiger partial charge in [0.05, 0.1) is 7.11 Å². The average molecular weight is 267 g/mol. The number of halogens is 2. The van der Waals surface area contributed by atoms with Crippen LogP contribution in [0.5, 0.6) is 5.75 Å². The minimum Gasteiger partial charge on any atom is -0.497 e. The minimum absolute atomic E-state index is 0.532. The Morgan fingerprint density at radius 1 is 1.06 bits per heavy atom. The van der Waals surface area contributed by atoms with Crippen molar-refractivity contribution >= 4 is 17.4 Å². The first kappa shape index (κ1) is 12.7. The smallest absolute Gasteiger partial charge is 0.159 e. The topological polar surface area (TPSA) is 35.2 Å². The predicted octanol–water partition coefficient (Wildman–Crippen LogP) is 3.71. The highest BCUT2D eigenvalue weighted by Crippen LogP contribution is 2.34. The molecule has 2 N–H and O–H groups in total. The van der Waals surface area contributed by atoms with E-state index in [1.807, 2.05) is 0 Å². The summed E-state index contributed by atoms with van der Waals surface area (Å²) >= 11 is 1.27. The van der Waals surface area contributed by atoms with E-state index >= 15 is 0 Å². The lowest BCUT2D eigenvalue weighted by Crippen LogP contribution is -1.91. The molecule has 2 aromatic carbocycles. The van der Waals surface area contributed by atoms with Crippen LogP contribution >= 0.6 is 11.8 Å². The Kier molecular flexibility index (Phi) is 3.72. The van der Waals surface area contributed by atoms with Gasteiger partial charge in [0.25, 0.3) is 0 Å². The Labute approximate surface area is 108 Å². The highest BCUT2D eigenvalue weighted by molar-refractivity contribution is 7.99. The Bertz CT molecular complexity index is 575. The fourth-order valence-corrected chi connectivity index (χ4v) is 2.28. The summed E-state index contributed by atoms with van der Waals surface area (Å²) in [5.74, 6) is -1.07. The van der Waals surface area contributed by atoms with Gasteiger partial charge in [-0.05, 0) is 30.3 Å². The summed E-state index contributed by atoms with van der Waals surface area (Å²) in [5.41, 5.74) is 6.38. The van der Waals surface area contributed by atoms with Gasteiger partial charge in [-0.3, -0.25) is 0 Å². The lowest BCUT2D eigenvalue weighted by molar-refractivity contribution is 0.415. The summed E-state index contributed by atoms with van der Waals surface area (Å²) in [6.45, 7) is 0. The summed E-state index contributed by atoms with van der Waals surface area (Å²) < 4.78 is 30.9. The molecule has 0 aliphatic rings. The summed E-state index contributed by atoms with van der Waals surface area (Å²) in [4.78, 5) is 1.35. The fraction of sp³-hybridized carbons (Fsp3) is 0.0769. The monoisotopic (exact) mass is 267 g/mol. The van der Waals surface area contributed by atoms with Crippen LogP contribution in [0.4, 0.5) is 14.5 Å². The molecule has 2 nitrogen and oxygen atoms in total. The second-order valence-corrected chi connectivity index (χ2v) is 4.70. The highest BCUT2D eigenvalue weighted by atomic mass is 32.2. The van der Waals surface area contributed by atoms with Gasteiger partial charge >= 0.3 is 0 Å². The zero-order valence-electron chi connectivity index (χ0n) is 9.61. The van der Waals surface area contributed by atoms with Crippen molar-refractivity contribution in [3.05, 3.63) is 48.0 Å². The molecule has 0 radical (unpaired) electrons. The minimum atomic E-state index is -0.868. The lowest BCUT2D eigenvalue weighted by Gasteiger charge is -2.07. The number of rotatable bonds is 3. The first-order chi connectivity index (χ1) is 8.60. The van der Waals surface area contributed by atoms with Crippen molar-refractivity contribution in [2.24, 2.45) is 0 Å². The Hall–Kier alpha value is -1.75. The molecular formula is C13H11F2NOS. The van der Waals surface area contributed by atoms with Crippen molar-refractivity contribution in [2.45, 2.75) is 9.79 Å². The van der Waals surface area contributed by atoms with Gasteiger partial charge in [0.1, 0.15) is 5.75 Å². The number of nitrogens with two attached hydrogens (primary N) is 1. The largest absolute Gasteiger partial charge is 0.497 e. The molecule has 94 valence electrons. The number of methoxy groups -OCH3 is 1. The summed E-state index contributed by atoms with van der Waals surface area (Å²) in [5, 5.41) is 0. The molecule has 0 aromatic heterocycles. The standard InChI is InChI=1S/C13H11F2NOS/c1-17-8-2-5-13(12(16)6-8)18-9-3-4-10(14)11(15)7-9/h2-7H,16H2,1H3. The Balaban J connectivity index is 2.25. The third-order valence-corrected chi connectivity index (χ3v) is 3.42. The average Bonchev–Trinajstić information content (AvgIpc) is 2.36. The molecule has 0 saturated heterocycles. The predicted molar refractivity (Wildman–Crippen MR) is 67.9 cm³/mol. The van der Waals surface area contributed by atoms with Crippen molar-refractivity contribution in [2.75, 3.05) is 12.8 Å². The fourth-order valence-electron chi connectivity index (χ4n) is 1.41. The van der Waals surface area contributed by atoms with Crippen LogP contribution in [0.2, 0.25) is 0 Å². The van der Waals surface area contributed by atoms with Crippen LogP contribution in [0.1, 0.15) is 0 Å². The second-order valence-electron chi connectivity index (χ2n) is 3.58. The van der Waals surface area contributed by atoms with Crippen LogP contribution in [0.25, 0.3) is 0 Å². The molecule has 18 heavy (non-hydrogen) atoms. The van der Waals surface area contributed by atoms with Crippen LogP contribution in [-0.2, 0) is 0 Å². The molecule has 0 spiro atoms. The summed E-state index contributed by atoms with van der Waals surface area (Å²) in [6, 6.07) is 8.97. The molecule has 0 atom stereocenters. The van der Waals surface area contributed by atoms with E-state index in [0.29, 0.717) is 16.3 Å². The van der Waals surface area contributed by atoms with Crippen LogP contribution in [0, 0.1) is 11.6 Å². The lowest BCUT2D eigenvalue weighted by atomic mass is 10.3. The van der Waals surface area contributed by atoms with Gasteiger partial charge in [0, 0.05) is 21.5 Å². The molecule has 2 rings (SSSR count). The summed E-state index contributed by atoms with van der Waals surface area (Å²) in [7, 11) is 1.55. The number of benzene rings is 2. The van der Waals surface area contributed by atoms with Gasteiger partial charge < -0.3 is 10.5 Å². The molecule has 0 aliphatic carbocycles. The molecule has 0 heterocycles. The first-order valence-corrected chi connectivity index (χ1v) is 5.98. The van der Waals surface area contributed by atoms with Gasteiger partial charge in [-0.2, -0.15) is 0 Å². The molecule has 0 saturated carbocycles. The van der Waals surface area contributed by atoms with E-state index in [2.05, 4.69) is 0 Å². The van der Waals surface area contributed by atoms with Gasteiger partial charge in [-0.15, -0.1) is 0 Å². The van der Waals surface area contributed by atoms with Crippen LogP contribution in [0.15, 0.2) is 46.2 Å². The summed E-state index contributed by atoms with van der Waals surface area (Å²) in [6.07, 6.45) is 0. The van der Waals surface area contributed by atoms with Gasteiger partial charge in [0.15, 0.2) is 11.6 Å². The number of ether oxygens (including phenoxy) is 1. The van der Waals surface area contributed by atoms with E-state index in [0.717, 1.165) is 17.0 Å². The number of hydrogen-bond acceptors (Lipinski definition) is 3. The van der Waals surface area contributed by atoms with E-state index in [4.69, 9.17) is 10.5 Å². The Morgan fingerprint density at radius 3 is 2.44 bits per heavy atom. The van der Waals surface area contributed by atoms with E-state index in [1.165, 1.54) is 17.8 Å².